The van der Waals surface area contributed by atoms with Gasteiger partial charge in [-0.05, 0) is 25.7 Å². The van der Waals surface area contributed by atoms with Crippen molar-refractivity contribution in [3.8, 4) is 0 Å². The number of hydrogen-bond donors (Lipinski definition) is 0. The van der Waals surface area contributed by atoms with Crippen molar-refractivity contribution >= 4 is 57.2 Å². The molecule has 0 N–H and O–H groups in total. The van der Waals surface area contributed by atoms with E-state index in [-0.39, 0.29) is 38.5 Å². The van der Waals surface area contributed by atoms with Crippen LogP contribution in [0.25, 0.3) is 0 Å². The fourth-order valence-corrected chi connectivity index (χ4v) is 7.71. The monoisotopic (exact) mass is 684 g/mol. The zero-order valence-electron chi connectivity index (χ0n) is 27.8. The van der Waals surface area contributed by atoms with Crippen molar-refractivity contribution in [3.63, 3.8) is 0 Å². The Labute approximate surface area is 283 Å². The van der Waals surface area contributed by atoms with Gasteiger partial charge in [0, 0.05) is 50.0 Å². The minimum Gasteiger partial charge on any atom is -0.330 e. The van der Waals surface area contributed by atoms with Crippen molar-refractivity contribution in [1.82, 2.24) is 10.1 Å². The van der Waals surface area contributed by atoms with Crippen LogP contribution in [0.3, 0.4) is 0 Å². The highest BCUT2D eigenvalue weighted by atomic mass is 33.1. The third kappa shape index (κ3) is 18.9. The highest BCUT2D eigenvalue weighted by Gasteiger charge is 2.33. The molecule has 2 aliphatic heterocycles. The van der Waals surface area contributed by atoms with E-state index in [1.807, 2.05) is 21.6 Å². The zero-order chi connectivity index (χ0) is 33.2. The molecule has 0 spiro atoms. The van der Waals surface area contributed by atoms with Gasteiger partial charge in [0.05, 0.1) is 0 Å². The van der Waals surface area contributed by atoms with Crippen molar-refractivity contribution in [2.24, 2.45) is 0 Å². The first-order valence-corrected chi connectivity index (χ1v) is 20.2. The molecule has 0 unspecified atom stereocenters. The predicted octanol–water partition coefficient (Wildman–Crippen LogP) is 8.16. The second-order valence-electron chi connectivity index (χ2n) is 12.3. The number of hydroxylamine groups is 4. The Morgan fingerprint density at radius 1 is 0.413 bits per heavy atom. The fourth-order valence-electron chi connectivity index (χ4n) is 5.42. The number of amides is 4. The summed E-state index contributed by atoms with van der Waals surface area (Å²) in [6, 6.07) is 0. The molecule has 2 fully saturated rings. The summed E-state index contributed by atoms with van der Waals surface area (Å²) in [5.41, 5.74) is 0. The van der Waals surface area contributed by atoms with E-state index in [0.717, 1.165) is 38.5 Å². The fraction of sp³-hybridized carbons (Fsp3) is 0.824. The molecule has 12 heteroatoms. The molecule has 0 bridgehead atoms. The van der Waals surface area contributed by atoms with Crippen molar-refractivity contribution in [2.45, 2.75) is 167 Å². The Kier molecular flexibility index (Phi) is 22.6. The molecule has 4 amide bonds. The molecule has 0 aliphatic carbocycles. The van der Waals surface area contributed by atoms with Crippen molar-refractivity contribution in [1.29, 1.82) is 0 Å². The van der Waals surface area contributed by atoms with E-state index >= 15 is 0 Å². The van der Waals surface area contributed by atoms with E-state index in [0.29, 0.717) is 10.1 Å². The Balaban J connectivity index is 1.20. The van der Waals surface area contributed by atoms with Crippen LogP contribution in [0.2, 0.25) is 0 Å². The number of carbonyl (C=O) groups excluding carboxylic acids is 6. The van der Waals surface area contributed by atoms with Crippen molar-refractivity contribution in [2.75, 3.05) is 11.5 Å². The minimum atomic E-state index is -0.496. The third-order valence-electron chi connectivity index (χ3n) is 8.20. The van der Waals surface area contributed by atoms with Crippen LogP contribution in [0.5, 0.6) is 0 Å². The molecule has 0 aromatic rings. The molecule has 0 saturated carbocycles. The highest BCUT2D eigenvalue weighted by Crippen LogP contribution is 2.25. The van der Waals surface area contributed by atoms with Gasteiger partial charge in [-0.25, -0.2) is 9.59 Å². The van der Waals surface area contributed by atoms with Gasteiger partial charge in [0.2, 0.25) is 0 Å². The van der Waals surface area contributed by atoms with Crippen LogP contribution in [0.4, 0.5) is 0 Å². The van der Waals surface area contributed by atoms with Gasteiger partial charge < -0.3 is 9.68 Å². The molecule has 46 heavy (non-hydrogen) atoms. The molecule has 2 saturated heterocycles. The molecule has 2 heterocycles. The smallest absolute Gasteiger partial charge is 0.330 e. The van der Waals surface area contributed by atoms with Crippen LogP contribution in [0, 0.1) is 0 Å². The Morgan fingerprint density at radius 3 is 0.935 bits per heavy atom. The van der Waals surface area contributed by atoms with Gasteiger partial charge in [0.1, 0.15) is 0 Å². The number of rotatable bonds is 29. The SMILES string of the molecule is O=C(CCCCCCCCCCCCSSCCCCCCCCCCCCC(=O)ON1C(=O)CCC1=O)ON1C(=O)CCC1=O. The van der Waals surface area contributed by atoms with Crippen LogP contribution in [-0.4, -0.2) is 57.2 Å². The van der Waals surface area contributed by atoms with Crippen LogP contribution in [-0.2, 0) is 38.4 Å². The number of unbranched alkanes of at least 4 members (excludes halogenated alkanes) is 18. The average molecular weight is 685 g/mol. The van der Waals surface area contributed by atoms with E-state index in [1.165, 1.54) is 101 Å². The summed E-state index contributed by atoms with van der Waals surface area (Å²) in [5, 5.41) is 1.25. The normalized spacial score (nSPS) is 15.0. The first-order valence-electron chi connectivity index (χ1n) is 17.8. The molecule has 0 radical (unpaired) electrons. The van der Waals surface area contributed by atoms with Crippen LogP contribution >= 0.6 is 21.6 Å². The molecular weight excluding hydrogens is 629 g/mol. The maximum Gasteiger partial charge on any atom is 0.333 e. The molecule has 10 nitrogen and oxygen atoms in total. The highest BCUT2D eigenvalue weighted by molar-refractivity contribution is 8.76. The van der Waals surface area contributed by atoms with E-state index in [4.69, 9.17) is 9.68 Å². The Bertz CT molecular complexity index is 842. The standard InChI is InChI=1S/C34H56N2O8S2/c37-29-23-24-30(38)35(29)43-33(41)21-17-13-9-5-1-3-7-11-15-19-27-45-46-28-20-16-12-8-4-2-6-10-14-18-22-34(42)44-36-31(39)25-26-32(36)40/h1-28H2. The summed E-state index contributed by atoms with van der Waals surface area (Å²) < 4.78 is 0. The lowest BCUT2D eigenvalue weighted by molar-refractivity contribution is -0.197. The lowest BCUT2D eigenvalue weighted by atomic mass is 10.1. The van der Waals surface area contributed by atoms with Gasteiger partial charge in [-0.15, -0.1) is 10.1 Å². The topological polar surface area (TPSA) is 127 Å². The number of carbonyl (C=O) groups is 6. The molecule has 0 aromatic heterocycles. The van der Waals surface area contributed by atoms with Crippen LogP contribution in [0.1, 0.15) is 167 Å². The molecular formula is C34H56N2O8S2. The lowest BCUT2D eigenvalue weighted by Gasteiger charge is -2.12. The first kappa shape index (κ1) is 40.1. The van der Waals surface area contributed by atoms with Gasteiger partial charge in [0.25, 0.3) is 23.6 Å². The van der Waals surface area contributed by atoms with Gasteiger partial charge in [-0.2, -0.15) is 0 Å². The molecule has 2 rings (SSSR count). The number of hydrogen-bond acceptors (Lipinski definition) is 10. The Hall–Kier alpha value is -2.08. The van der Waals surface area contributed by atoms with E-state index in [2.05, 4.69) is 0 Å². The van der Waals surface area contributed by atoms with E-state index < -0.39 is 35.6 Å². The lowest BCUT2D eigenvalue weighted by Crippen LogP contribution is -2.31. The largest absolute Gasteiger partial charge is 0.333 e. The van der Waals surface area contributed by atoms with Crippen LogP contribution in [0.15, 0.2) is 0 Å². The predicted molar refractivity (Wildman–Crippen MR) is 181 cm³/mol. The van der Waals surface area contributed by atoms with E-state index in [9.17, 15) is 28.8 Å². The maximum absolute atomic E-state index is 11.8. The minimum absolute atomic E-state index is 0.127. The number of nitrogens with zero attached hydrogens (tertiary/aromatic N) is 2. The first-order chi connectivity index (χ1) is 22.4. The summed E-state index contributed by atoms with van der Waals surface area (Å²) in [7, 11) is 4.04. The van der Waals surface area contributed by atoms with Gasteiger partial charge in [-0.1, -0.05) is 124 Å². The van der Waals surface area contributed by atoms with Crippen LogP contribution < -0.4 is 0 Å². The van der Waals surface area contributed by atoms with Gasteiger partial charge in [0.15, 0.2) is 0 Å². The Morgan fingerprint density at radius 2 is 0.652 bits per heavy atom. The molecule has 0 aromatic carbocycles. The summed E-state index contributed by atoms with van der Waals surface area (Å²) in [6.45, 7) is 0. The van der Waals surface area contributed by atoms with Gasteiger partial charge in [-0.3, -0.25) is 19.2 Å². The average Bonchev–Trinajstić information content (AvgIpc) is 3.53. The van der Waals surface area contributed by atoms with Gasteiger partial charge >= 0.3 is 11.9 Å². The summed E-state index contributed by atoms with van der Waals surface area (Å²) in [6.07, 6.45) is 24.4. The second kappa shape index (κ2) is 25.9. The summed E-state index contributed by atoms with van der Waals surface area (Å²) >= 11 is 0. The van der Waals surface area contributed by atoms with Crippen molar-refractivity contribution < 1.29 is 38.4 Å². The summed E-state index contributed by atoms with van der Waals surface area (Å²) in [4.78, 5) is 79.2. The summed E-state index contributed by atoms with van der Waals surface area (Å²) in [5.74, 6) is -0.215. The quantitative estimate of drug-likeness (QED) is 0.0432. The second-order valence-corrected chi connectivity index (χ2v) is 15.0. The molecule has 0 atom stereocenters. The van der Waals surface area contributed by atoms with Crippen molar-refractivity contribution in [3.05, 3.63) is 0 Å². The molecule has 2 aliphatic rings. The third-order valence-corrected chi connectivity index (χ3v) is 10.8. The zero-order valence-corrected chi connectivity index (χ0v) is 29.4. The number of imide groups is 2. The van der Waals surface area contributed by atoms with E-state index in [1.54, 1.807) is 0 Å². The maximum atomic E-state index is 11.8. The molecule has 262 valence electrons.